The lowest BCUT2D eigenvalue weighted by Crippen LogP contribution is -2.36. The zero-order valence-corrected chi connectivity index (χ0v) is 10.1. The second-order valence-corrected chi connectivity index (χ2v) is 4.66. The van der Waals surface area contributed by atoms with Crippen molar-refractivity contribution in [2.75, 3.05) is 13.1 Å². The van der Waals surface area contributed by atoms with Gasteiger partial charge in [0.2, 0.25) is 0 Å². The summed E-state index contributed by atoms with van der Waals surface area (Å²) in [6.07, 6.45) is 3.31. The molecule has 0 bridgehead atoms. The smallest absolute Gasteiger partial charge is 0.306 e. The fraction of sp³-hybridized carbons (Fsp3) is 0.538. The molecule has 2 rings (SSSR count). The van der Waals surface area contributed by atoms with Gasteiger partial charge >= 0.3 is 5.97 Å². The second-order valence-electron chi connectivity index (χ2n) is 4.66. The topological polar surface area (TPSA) is 53.4 Å². The lowest BCUT2D eigenvalue weighted by Gasteiger charge is -2.29. The minimum absolute atomic E-state index is 0.156. The number of carboxylic acids is 1. The monoisotopic (exact) mass is 234 g/mol. The fourth-order valence-electron chi connectivity index (χ4n) is 2.23. The summed E-state index contributed by atoms with van der Waals surface area (Å²) in [7, 11) is 0. The minimum Gasteiger partial charge on any atom is -0.481 e. The molecule has 0 aliphatic carbocycles. The third kappa shape index (κ3) is 3.03. The van der Waals surface area contributed by atoms with Gasteiger partial charge in [0.25, 0.3) is 0 Å². The van der Waals surface area contributed by atoms with Crippen molar-refractivity contribution < 1.29 is 9.90 Å². The summed E-state index contributed by atoms with van der Waals surface area (Å²) in [4.78, 5) is 17.5. The Hall–Kier alpha value is -1.42. The lowest BCUT2D eigenvalue weighted by atomic mass is 9.97. The third-order valence-corrected chi connectivity index (χ3v) is 3.43. The van der Waals surface area contributed by atoms with Crippen LogP contribution in [0.5, 0.6) is 0 Å². The first-order chi connectivity index (χ1) is 8.16. The summed E-state index contributed by atoms with van der Waals surface area (Å²) in [6, 6.07) is 4.00. The van der Waals surface area contributed by atoms with E-state index in [0.29, 0.717) is 0 Å². The number of rotatable bonds is 3. The standard InChI is InChI=1S/C13H18N2O2/c1-10-3-2-6-14-12(10)9-15-7-4-11(5-8-15)13(16)17/h2-3,6,11H,4-5,7-9H2,1H3,(H,16,17). The number of piperidine rings is 1. The molecule has 1 fully saturated rings. The highest BCUT2D eigenvalue weighted by molar-refractivity contribution is 5.70. The zero-order chi connectivity index (χ0) is 12.3. The van der Waals surface area contributed by atoms with Crippen molar-refractivity contribution in [3.63, 3.8) is 0 Å². The molecule has 0 spiro atoms. The molecule has 1 aromatic rings. The summed E-state index contributed by atoms with van der Waals surface area (Å²) in [5.41, 5.74) is 2.30. The van der Waals surface area contributed by atoms with E-state index in [9.17, 15) is 4.79 Å². The molecule has 0 aromatic carbocycles. The van der Waals surface area contributed by atoms with Gasteiger partial charge in [-0.1, -0.05) is 6.07 Å². The van der Waals surface area contributed by atoms with Gasteiger partial charge < -0.3 is 5.11 Å². The highest BCUT2D eigenvalue weighted by Gasteiger charge is 2.24. The molecule has 1 aromatic heterocycles. The van der Waals surface area contributed by atoms with Crippen LogP contribution in [-0.4, -0.2) is 34.0 Å². The molecule has 4 heteroatoms. The van der Waals surface area contributed by atoms with Crippen LogP contribution in [0, 0.1) is 12.8 Å². The normalized spacial score (nSPS) is 18.2. The van der Waals surface area contributed by atoms with E-state index in [4.69, 9.17) is 5.11 Å². The maximum atomic E-state index is 10.8. The van der Waals surface area contributed by atoms with Gasteiger partial charge in [0.15, 0.2) is 0 Å². The van der Waals surface area contributed by atoms with Gasteiger partial charge in [-0.2, -0.15) is 0 Å². The van der Waals surface area contributed by atoms with Crippen LogP contribution < -0.4 is 0 Å². The van der Waals surface area contributed by atoms with Crippen molar-refractivity contribution in [1.29, 1.82) is 0 Å². The van der Waals surface area contributed by atoms with E-state index < -0.39 is 5.97 Å². The van der Waals surface area contributed by atoms with Crippen LogP contribution in [0.1, 0.15) is 24.1 Å². The number of likely N-dealkylation sites (tertiary alicyclic amines) is 1. The van der Waals surface area contributed by atoms with Crippen LogP contribution in [0.25, 0.3) is 0 Å². The van der Waals surface area contributed by atoms with Crippen molar-refractivity contribution in [1.82, 2.24) is 9.88 Å². The number of nitrogens with zero attached hydrogens (tertiary/aromatic N) is 2. The number of aliphatic carboxylic acids is 1. The molecule has 1 N–H and O–H groups in total. The Morgan fingerprint density at radius 3 is 2.82 bits per heavy atom. The van der Waals surface area contributed by atoms with E-state index in [2.05, 4.69) is 22.9 Å². The largest absolute Gasteiger partial charge is 0.481 e. The Bertz CT molecular complexity index is 398. The molecule has 0 unspecified atom stereocenters. The molecule has 0 radical (unpaired) electrons. The number of aryl methyl sites for hydroxylation is 1. The van der Waals surface area contributed by atoms with E-state index in [0.717, 1.165) is 38.2 Å². The molecule has 1 aliphatic heterocycles. The van der Waals surface area contributed by atoms with Crippen molar-refractivity contribution in [3.05, 3.63) is 29.6 Å². The predicted octanol–water partition coefficient (Wildman–Crippen LogP) is 1.69. The second kappa shape index (κ2) is 5.27. The molecule has 1 aliphatic rings. The van der Waals surface area contributed by atoms with Gasteiger partial charge in [0.05, 0.1) is 11.6 Å². The van der Waals surface area contributed by atoms with Gasteiger partial charge in [-0.05, 0) is 44.5 Å². The van der Waals surface area contributed by atoms with Crippen LogP contribution in [0.2, 0.25) is 0 Å². The number of hydrogen-bond donors (Lipinski definition) is 1. The van der Waals surface area contributed by atoms with E-state index in [1.165, 1.54) is 5.56 Å². The summed E-state index contributed by atoms with van der Waals surface area (Å²) < 4.78 is 0. The molecule has 1 saturated heterocycles. The maximum absolute atomic E-state index is 10.8. The van der Waals surface area contributed by atoms with Crippen LogP contribution >= 0.6 is 0 Å². The first-order valence-corrected chi connectivity index (χ1v) is 6.02. The quantitative estimate of drug-likeness (QED) is 0.864. The Balaban J connectivity index is 1.90. The molecule has 4 nitrogen and oxygen atoms in total. The van der Waals surface area contributed by atoms with Crippen LogP contribution in [0.15, 0.2) is 18.3 Å². The SMILES string of the molecule is Cc1cccnc1CN1CCC(C(=O)O)CC1. The summed E-state index contributed by atoms with van der Waals surface area (Å²) in [5, 5.41) is 8.93. The summed E-state index contributed by atoms with van der Waals surface area (Å²) in [5.74, 6) is -0.810. The van der Waals surface area contributed by atoms with Crippen molar-refractivity contribution in [2.24, 2.45) is 5.92 Å². The number of aromatic nitrogens is 1. The average molecular weight is 234 g/mol. The van der Waals surface area contributed by atoms with E-state index in [1.807, 2.05) is 12.3 Å². The molecule has 0 amide bonds. The number of hydrogen-bond acceptors (Lipinski definition) is 3. The summed E-state index contributed by atoms with van der Waals surface area (Å²) in [6.45, 7) is 4.60. The number of carbonyl (C=O) groups is 1. The fourth-order valence-corrected chi connectivity index (χ4v) is 2.23. The van der Waals surface area contributed by atoms with Crippen molar-refractivity contribution in [2.45, 2.75) is 26.3 Å². The van der Waals surface area contributed by atoms with Gasteiger partial charge in [0, 0.05) is 12.7 Å². The molecule has 92 valence electrons. The molecular formula is C13H18N2O2. The summed E-state index contributed by atoms with van der Waals surface area (Å²) >= 11 is 0. The maximum Gasteiger partial charge on any atom is 0.306 e. The molecular weight excluding hydrogens is 216 g/mol. The van der Waals surface area contributed by atoms with Crippen LogP contribution in [-0.2, 0) is 11.3 Å². The van der Waals surface area contributed by atoms with E-state index >= 15 is 0 Å². The molecule has 2 heterocycles. The molecule has 0 saturated carbocycles. The van der Waals surface area contributed by atoms with Gasteiger partial charge in [-0.25, -0.2) is 0 Å². The first-order valence-electron chi connectivity index (χ1n) is 6.02. The van der Waals surface area contributed by atoms with Gasteiger partial charge in [-0.15, -0.1) is 0 Å². The Kier molecular flexibility index (Phi) is 3.74. The molecule has 0 atom stereocenters. The first kappa shape index (κ1) is 12.0. The Morgan fingerprint density at radius 1 is 1.53 bits per heavy atom. The van der Waals surface area contributed by atoms with Crippen molar-refractivity contribution >= 4 is 5.97 Å². The number of pyridine rings is 1. The highest BCUT2D eigenvalue weighted by Crippen LogP contribution is 2.19. The van der Waals surface area contributed by atoms with Crippen LogP contribution in [0.4, 0.5) is 0 Å². The Morgan fingerprint density at radius 2 is 2.24 bits per heavy atom. The Labute approximate surface area is 101 Å². The predicted molar refractivity (Wildman–Crippen MR) is 64.6 cm³/mol. The third-order valence-electron chi connectivity index (χ3n) is 3.43. The highest BCUT2D eigenvalue weighted by atomic mass is 16.4. The lowest BCUT2D eigenvalue weighted by molar-refractivity contribution is -0.143. The minimum atomic E-state index is -0.654. The van der Waals surface area contributed by atoms with Gasteiger partial charge in [-0.3, -0.25) is 14.7 Å². The van der Waals surface area contributed by atoms with Crippen molar-refractivity contribution in [3.8, 4) is 0 Å². The zero-order valence-electron chi connectivity index (χ0n) is 10.1. The number of carboxylic acid groups (broad SMARTS) is 1. The van der Waals surface area contributed by atoms with E-state index in [-0.39, 0.29) is 5.92 Å². The van der Waals surface area contributed by atoms with E-state index in [1.54, 1.807) is 0 Å². The average Bonchev–Trinajstić information content (AvgIpc) is 2.33. The van der Waals surface area contributed by atoms with Crippen LogP contribution in [0.3, 0.4) is 0 Å². The molecule has 17 heavy (non-hydrogen) atoms. The van der Waals surface area contributed by atoms with Gasteiger partial charge in [0.1, 0.15) is 0 Å².